The maximum absolute atomic E-state index is 4.93. The van der Waals surface area contributed by atoms with Gasteiger partial charge in [-0.25, -0.2) is 29.9 Å². The molecule has 14 rings (SSSR count). The van der Waals surface area contributed by atoms with Crippen molar-refractivity contribution in [3.63, 3.8) is 0 Å². The van der Waals surface area contributed by atoms with E-state index < -0.39 is 0 Å². The van der Waals surface area contributed by atoms with Crippen LogP contribution in [0.2, 0.25) is 0 Å². The number of fused-ring (bicyclic) bond motifs is 6. The molecule has 0 unspecified atom stereocenters. The maximum Gasteiger partial charge on any atom is 0.164 e. The van der Waals surface area contributed by atoms with Gasteiger partial charge < -0.3 is 9.13 Å². The zero-order valence-corrected chi connectivity index (χ0v) is 39.3. The van der Waals surface area contributed by atoms with E-state index in [1.807, 2.05) is 48.5 Å². The fraction of sp³-hybridized carbons (Fsp3) is 0. The maximum atomic E-state index is 4.93. The standard InChI is InChI=1S/C62H38N12/c1-3-7-53-49(5-1)51-37-45(13-19-55(51)73(53)47-15-9-39(10-16-47)57-67-59(41-21-29-63-30-22-41)71-60(68-57)42-23-31-64-32-24-42)46-14-20-56-52(38-46)50-6-2-4-8-54(50)74(56)48-17-11-40(12-18-48)58-69-61(43-25-33-65-34-26-43)72-62(70-58)44-27-35-66-36-28-44/h1-38H. The Hall–Kier alpha value is -10.5. The molecule has 6 aromatic carbocycles. The van der Waals surface area contributed by atoms with E-state index in [4.69, 9.17) is 29.9 Å². The van der Waals surface area contributed by atoms with E-state index in [1.165, 1.54) is 21.5 Å². The van der Waals surface area contributed by atoms with Gasteiger partial charge in [0.25, 0.3) is 0 Å². The molecule has 0 saturated carbocycles. The summed E-state index contributed by atoms with van der Waals surface area (Å²) in [5, 5.41) is 4.70. The van der Waals surface area contributed by atoms with Crippen LogP contribution in [0.15, 0.2) is 232 Å². The highest BCUT2D eigenvalue weighted by Crippen LogP contribution is 2.39. The van der Waals surface area contributed by atoms with E-state index in [0.29, 0.717) is 34.9 Å². The van der Waals surface area contributed by atoms with Crippen LogP contribution < -0.4 is 0 Å². The van der Waals surface area contributed by atoms with Gasteiger partial charge in [0.1, 0.15) is 0 Å². The minimum Gasteiger partial charge on any atom is -0.309 e. The van der Waals surface area contributed by atoms with Gasteiger partial charge in [-0.2, -0.15) is 0 Å². The van der Waals surface area contributed by atoms with Crippen LogP contribution in [0, 0.1) is 0 Å². The topological polar surface area (TPSA) is 139 Å². The summed E-state index contributed by atoms with van der Waals surface area (Å²) in [6.45, 7) is 0. The number of aromatic nitrogens is 12. The van der Waals surface area contributed by atoms with Gasteiger partial charge in [0.05, 0.1) is 22.1 Å². The number of para-hydroxylation sites is 2. The summed E-state index contributed by atoms with van der Waals surface area (Å²) < 4.78 is 4.66. The lowest BCUT2D eigenvalue weighted by Crippen LogP contribution is -2.00. The Kier molecular flexibility index (Phi) is 10.2. The molecule has 0 aliphatic rings. The van der Waals surface area contributed by atoms with Crippen LogP contribution in [0.5, 0.6) is 0 Å². The zero-order valence-electron chi connectivity index (χ0n) is 39.3. The smallest absolute Gasteiger partial charge is 0.164 e. The van der Waals surface area contributed by atoms with Gasteiger partial charge in [0.15, 0.2) is 34.9 Å². The Morgan fingerprint density at radius 1 is 0.216 bits per heavy atom. The molecule has 0 aliphatic carbocycles. The summed E-state index contributed by atoms with van der Waals surface area (Å²) >= 11 is 0. The Morgan fingerprint density at radius 3 is 0.784 bits per heavy atom. The lowest BCUT2D eigenvalue weighted by Gasteiger charge is -2.11. The summed E-state index contributed by atoms with van der Waals surface area (Å²) in [7, 11) is 0. The molecule has 0 spiro atoms. The monoisotopic (exact) mass is 950 g/mol. The second-order valence-corrected chi connectivity index (χ2v) is 17.8. The van der Waals surface area contributed by atoms with Crippen molar-refractivity contribution in [2.24, 2.45) is 0 Å². The number of benzene rings is 6. The van der Waals surface area contributed by atoms with E-state index in [9.17, 15) is 0 Å². The van der Waals surface area contributed by atoms with Crippen LogP contribution in [0.25, 0.3) is 134 Å². The van der Waals surface area contributed by atoms with Crippen LogP contribution in [0.1, 0.15) is 0 Å². The normalized spacial score (nSPS) is 11.5. The predicted molar refractivity (Wildman–Crippen MR) is 291 cm³/mol. The van der Waals surface area contributed by atoms with Crippen molar-refractivity contribution in [3.8, 4) is 90.8 Å². The van der Waals surface area contributed by atoms with Crippen LogP contribution >= 0.6 is 0 Å². The van der Waals surface area contributed by atoms with E-state index in [0.717, 1.165) is 77.9 Å². The zero-order chi connectivity index (χ0) is 49.0. The Labute approximate surface area is 423 Å². The third kappa shape index (κ3) is 7.49. The van der Waals surface area contributed by atoms with Gasteiger partial charge in [0.2, 0.25) is 0 Å². The molecule has 0 bridgehead atoms. The van der Waals surface area contributed by atoms with Gasteiger partial charge in [-0.3, -0.25) is 19.9 Å². The first-order valence-corrected chi connectivity index (χ1v) is 24.1. The number of hydrogen-bond donors (Lipinski definition) is 0. The minimum absolute atomic E-state index is 0.577. The Balaban J connectivity index is 0.814. The molecule has 0 saturated heterocycles. The summed E-state index contributed by atoms with van der Waals surface area (Å²) in [6, 6.07) is 63.0. The molecule has 346 valence electrons. The number of pyridine rings is 4. The second-order valence-electron chi connectivity index (χ2n) is 17.8. The lowest BCUT2D eigenvalue weighted by atomic mass is 10.0. The Bertz CT molecular complexity index is 3990. The van der Waals surface area contributed by atoms with Gasteiger partial charge in [-0.05, 0) is 145 Å². The Morgan fingerprint density at radius 2 is 0.473 bits per heavy atom. The molecule has 0 amide bonds. The quantitative estimate of drug-likeness (QED) is 0.137. The molecule has 0 radical (unpaired) electrons. The van der Waals surface area contributed by atoms with Crippen molar-refractivity contribution < 1.29 is 0 Å². The van der Waals surface area contributed by atoms with Gasteiger partial charge in [-0.1, -0.05) is 48.5 Å². The SMILES string of the molecule is c1ccc2c(c1)c1cc(-c3ccc4c(c3)c3ccccc3n4-c3ccc(-c4nc(-c5ccncc5)nc(-c5ccncc5)n4)cc3)ccc1n2-c1ccc(-c2nc(-c3ccncc3)nc(-c3ccncc3)n2)cc1. The van der Waals surface area contributed by atoms with Crippen molar-refractivity contribution in [2.75, 3.05) is 0 Å². The molecule has 12 nitrogen and oxygen atoms in total. The number of rotatable bonds is 9. The second kappa shape index (κ2) is 17.7. The number of nitrogens with zero attached hydrogens (tertiary/aromatic N) is 12. The van der Waals surface area contributed by atoms with Crippen LogP contribution in [-0.4, -0.2) is 59.0 Å². The first-order valence-electron chi connectivity index (χ1n) is 24.1. The third-order valence-electron chi connectivity index (χ3n) is 13.5. The van der Waals surface area contributed by atoms with E-state index >= 15 is 0 Å². The fourth-order valence-corrected chi connectivity index (χ4v) is 9.91. The largest absolute Gasteiger partial charge is 0.309 e. The van der Waals surface area contributed by atoms with Crippen molar-refractivity contribution in [2.45, 2.75) is 0 Å². The van der Waals surface area contributed by atoms with E-state index in [2.05, 4.69) is 163 Å². The van der Waals surface area contributed by atoms with E-state index in [1.54, 1.807) is 49.6 Å². The molecular weight excluding hydrogens is 913 g/mol. The van der Waals surface area contributed by atoms with Gasteiger partial charge in [-0.15, -0.1) is 0 Å². The molecule has 8 aromatic heterocycles. The molecule has 0 aliphatic heterocycles. The lowest BCUT2D eigenvalue weighted by molar-refractivity contribution is 1.07. The molecule has 74 heavy (non-hydrogen) atoms. The predicted octanol–water partition coefficient (Wildman–Crippen LogP) is 13.5. The van der Waals surface area contributed by atoms with Crippen LogP contribution in [-0.2, 0) is 0 Å². The summed E-state index contributed by atoms with van der Waals surface area (Å²) in [5.74, 6) is 3.47. The van der Waals surface area contributed by atoms with E-state index in [-0.39, 0.29) is 0 Å². The molecule has 14 aromatic rings. The molecule has 0 N–H and O–H groups in total. The molecule has 12 heteroatoms. The van der Waals surface area contributed by atoms with Crippen molar-refractivity contribution in [1.29, 1.82) is 0 Å². The highest BCUT2D eigenvalue weighted by Gasteiger charge is 2.19. The molecular formula is C62H38N12. The highest BCUT2D eigenvalue weighted by molar-refractivity contribution is 6.12. The van der Waals surface area contributed by atoms with Crippen molar-refractivity contribution in [3.05, 3.63) is 232 Å². The van der Waals surface area contributed by atoms with Gasteiger partial charge >= 0.3 is 0 Å². The molecule has 0 fully saturated rings. The molecule has 0 atom stereocenters. The van der Waals surface area contributed by atoms with Gasteiger partial charge in [0, 0.05) is 116 Å². The number of hydrogen-bond acceptors (Lipinski definition) is 10. The first kappa shape index (κ1) is 42.4. The van der Waals surface area contributed by atoms with Crippen molar-refractivity contribution >= 4 is 43.6 Å². The minimum atomic E-state index is 0.577. The van der Waals surface area contributed by atoms with Crippen LogP contribution in [0.4, 0.5) is 0 Å². The average Bonchev–Trinajstić information content (AvgIpc) is 4.02. The fourth-order valence-electron chi connectivity index (χ4n) is 9.91. The summed E-state index contributed by atoms with van der Waals surface area (Å²) in [6.07, 6.45) is 14.0. The average molecular weight is 951 g/mol. The van der Waals surface area contributed by atoms with Crippen LogP contribution in [0.3, 0.4) is 0 Å². The summed E-state index contributed by atoms with van der Waals surface area (Å²) in [4.78, 5) is 46.2. The highest BCUT2D eigenvalue weighted by atomic mass is 15.0. The molecule has 8 heterocycles. The third-order valence-corrected chi connectivity index (χ3v) is 13.5. The first-order chi connectivity index (χ1) is 36.7. The van der Waals surface area contributed by atoms with Crippen molar-refractivity contribution in [1.82, 2.24) is 59.0 Å². The summed E-state index contributed by atoms with van der Waals surface area (Å²) in [5.41, 5.74) is 14.0.